The molecule has 1 unspecified atom stereocenters. The van der Waals surface area contributed by atoms with Crippen molar-refractivity contribution in [2.24, 2.45) is 5.92 Å². The fourth-order valence-corrected chi connectivity index (χ4v) is 4.35. The van der Waals surface area contributed by atoms with E-state index in [2.05, 4.69) is 37.3 Å². The topological polar surface area (TPSA) is 69.9 Å². The van der Waals surface area contributed by atoms with Gasteiger partial charge in [0.05, 0.1) is 12.2 Å². The quantitative estimate of drug-likeness (QED) is 0.714. The fourth-order valence-electron chi connectivity index (χ4n) is 4.35. The molecule has 2 aromatic rings. The van der Waals surface area contributed by atoms with Gasteiger partial charge in [-0.15, -0.1) is 0 Å². The van der Waals surface area contributed by atoms with Crippen molar-refractivity contribution in [2.75, 3.05) is 6.61 Å². The van der Waals surface area contributed by atoms with Crippen LogP contribution in [0.5, 0.6) is 5.75 Å². The van der Waals surface area contributed by atoms with Crippen molar-refractivity contribution < 1.29 is 20.1 Å². The van der Waals surface area contributed by atoms with Crippen LogP contribution in [0.2, 0.25) is 0 Å². The van der Waals surface area contributed by atoms with E-state index in [-0.39, 0.29) is 24.5 Å². The van der Waals surface area contributed by atoms with Crippen LogP contribution in [0.4, 0.5) is 0 Å². The maximum atomic E-state index is 10.1. The van der Waals surface area contributed by atoms with E-state index < -0.39 is 12.2 Å². The van der Waals surface area contributed by atoms with Gasteiger partial charge in [-0.05, 0) is 42.4 Å². The molecule has 28 heavy (non-hydrogen) atoms. The van der Waals surface area contributed by atoms with Crippen LogP contribution in [0.1, 0.15) is 61.1 Å². The summed E-state index contributed by atoms with van der Waals surface area (Å²) >= 11 is 0. The first-order valence-corrected chi connectivity index (χ1v) is 10.4. The molecule has 0 heterocycles. The summed E-state index contributed by atoms with van der Waals surface area (Å²) in [4.78, 5) is 0. The van der Waals surface area contributed by atoms with Crippen molar-refractivity contribution >= 4 is 0 Å². The van der Waals surface area contributed by atoms with E-state index in [9.17, 15) is 15.3 Å². The maximum absolute atomic E-state index is 10.1. The molecule has 0 radical (unpaired) electrons. The van der Waals surface area contributed by atoms with E-state index in [1.807, 2.05) is 18.2 Å². The molecule has 4 nitrogen and oxygen atoms in total. The zero-order chi connectivity index (χ0) is 19.7. The van der Waals surface area contributed by atoms with Crippen LogP contribution in [0, 0.1) is 5.92 Å². The molecule has 4 heteroatoms. The second-order valence-electron chi connectivity index (χ2n) is 8.41. The van der Waals surface area contributed by atoms with Crippen molar-refractivity contribution in [2.45, 2.75) is 62.8 Å². The van der Waals surface area contributed by atoms with Gasteiger partial charge in [-0.2, -0.15) is 0 Å². The molecular formula is C24H30O4. The molecule has 2 aromatic carbocycles. The molecule has 4 rings (SSSR count). The van der Waals surface area contributed by atoms with Gasteiger partial charge >= 0.3 is 0 Å². The van der Waals surface area contributed by atoms with Crippen molar-refractivity contribution in [1.82, 2.24) is 0 Å². The first-order valence-electron chi connectivity index (χ1n) is 10.4. The Morgan fingerprint density at radius 1 is 1.00 bits per heavy atom. The number of rotatable bonds is 6. The summed E-state index contributed by atoms with van der Waals surface area (Å²) in [6.45, 7) is 2.04. The predicted octanol–water partition coefficient (Wildman–Crippen LogP) is 3.59. The highest BCUT2D eigenvalue weighted by Gasteiger charge is 2.36. The van der Waals surface area contributed by atoms with E-state index >= 15 is 0 Å². The highest BCUT2D eigenvalue weighted by Crippen LogP contribution is 2.41. The molecule has 5 atom stereocenters. The third-order valence-corrected chi connectivity index (χ3v) is 6.35. The van der Waals surface area contributed by atoms with Crippen molar-refractivity contribution in [3.63, 3.8) is 0 Å². The molecule has 3 N–H and O–H groups in total. The summed E-state index contributed by atoms with van der Waals surface area (Å²) in [6.07, 6.45) is 1.55. The summed E-state index contributed by atoms with van der Waals surface area (Å²) in [5.41, 5.74) is 3.81. The normalized spacial score (nSPS) is 28.7. The third kappa shape index (κ3) is 4.09. The SMILES string of the molecule is CC(c1ccc(C2CC2)cc1)c1ccccc1O[C@@H]1C[C@H](CO)[C@@H](O)[C@H](O)C1. The fraction of sp³-hybridized carbons (Fsp3) is 0.500. The van der Waals surface area contributed by atoms with Crippen LogP contribution in [-0.2, 0) is 0 Å². The lowest BCUT2D eigenvalue weighted by molar-refractivity contribution is -0.0892. The second-order valence-corrected chi connectivity index (χ2v) is 8.41. The summed E-state index contributed by atoms with van der Waals surface area (Å²) < 4.78 is 6.27. The monoisotopic (exact) mass is 382 g/mol. The lowest BCUT2D eigenvalue weighted by Gasteiger charge is -2.36. The van der Waals surface area contributed by atoms with Crippen LogP contribution >= 0.6 is 0 Å². The van der Waals surface area contributed by atoms with Crippen LogP contribution in [0.25, 0.3) is 0 Å². The number of hydrogen-bond acceptors (Lipinski definition) is 4. The van der Waals surface area contributed by atoms with E-state index in [4.69, 9.17) is 4.74 Å². The number of aliphatic hydroxyl groups excluding tert-OH is 3. The first kappa shape index (κ1) is 19.4. The second kappa shape index (κ2) is 8.24. The van der Waals surface area contributed by atoms with Crippen LogP contribution < -0.4 is 4.74 Å². The average molecular weight is 383 g/mol. The molecule has 0 amide bonds. The van der Waals surface area contributed by atoms with E-state index in [1.54, 1.807) is 0 Å². The Bertz CT molecular complexity index is 783. The van der Waals surface area contributed by atoms with Crippen molar-refractivity contribution in [1.29, 1.82) is 0 Å². The third-order valence-electron chi connectivity index (χ3n) is 6.35. The summed E-state index contributed by atoms with van der Waals surface area (Å²) in [6, 6.07) is 17.0. The Kier molecular flexibility index (Phi) is 5.72. The minimum Gasteiger partial charge on any atom is -0.490 e. The maximum Gasteiger partial charge on any atom is 0.123 e. The summed E-state index contributed by atoms with van der Waals surface area (Å²) in [5.74, 6) is 1.41. The number of aliphatic hydroxyl groups is 3. The highest BCUT2D eigenvalue weighted by atomic mass is 16.5. The molecule has 0 aromatic heterocycles. The number of hydrogen-bond donors (Lipinski definition) is 3. The van der Waals surface area contributed by atoms with Gasteiger partial charge in [0, 0.05) is 30.4 Å². The van der Waals surface area contributed by atoms with Crippen LogP contribution in [0.15, 0.2) is 48.5 Å². The summed E-state index contributed by atoms with van der Waals surface area (Å²) in [7, 11) is 0. The van der Waals surface area contributed by atoms with Crippen LogP contribution in [-0.4, -0.2) is 40.2 Å². The number of para-hydroxylation sites is 1. The van der Waals surface area contributed by atoms with Crippen molar-refractivity contribution in [3.05, 3.63) is 65.2 Å². The Morgan fingerprint density at radius 2 is 1.71 bits per heavy atom. The van der Waals surface area contributed by atoms with Gasteiger partial charge in [0.1, 0.15) is 11.9 Å². The average Bonchev–Trinajstić information content (AvgIpc) is 3.56. The minimum absolute atomic E-state index is 0.149. The molecule has 2 fully saturated rings. The zero-order valence-electron chi connectivity index (χ0n) is 16.4. The lowest BCUT2D eigenvalue weighted by Crippen LogP contribution is -2.46. The largest absolute Gasteiger partial charge is 0.490 e. The standard InChI is InChI=1S/C24H30O4/c1-15(16-6-8-17(9-7-16)18-10-11-18)21-4-2-3-5-23(21)28-20-12-19(14-25)24(27)22(26)13-20/h2-9,15,18-20,22,24-27H,10-14H2,1H3/t15?,19-,20-,22-,24-/m1/s1. The van der Waals surface area contributed by atoms with E-state index in [0.29, 0.717) is 12.8 Å². The number of benzene rings is 2. The van der Waals surface area contributed by atoms with Crippen LogP contribution in [0.3, 0.4) is 0 Å². The molecule has 2 saturated carbocycles. The smallest absolute Gasteiger partial charge is 0.123 e. The van der Waals surface area contributed by atoms with Gasteiger partial charge in [0.15, 0.2) is 0 Å². The lowest BCUT2D eigenvalue weighted by atomic mass is 9.83. The van der Waals surface area contributed by atoms with Gasteiger partial charge in [0.2, 0.25) is 0 Å². The van der Waals surface area contributed by atoms with Gasteiger partial charge in [-0.3, -0.25) is 0 Å². The van der Waals surface area contributed by atoms with E-state index in [1.165, 1.54) is 24.0 Å². The Morgan fingerprint density at radius 3 is 2.39 bits per heavy atom. The number of ether oxygens (including phenoxy) is 1. The zero-order valence-corrected chi connectivity index (χ0v) is 16.4. The molecule has 2 aliphatic rings. The molecule has 0 aliphatic heterocycles. The molecule has 0 spiro atoms. The Hall–Kier alpha value is -1.88. The van der Waals surface area contributed by atoms with Gasteiger partial charge in [0.25, 0.3) is 0 Å². The van der Waals surface area contributed by atoms with E-state index in [0.717, 1.165) is 17.2 Å². The molecule has 150 valence electrons. The molecule has 2 aliphatic carbocycles. The highest BCUT2D eigenvalue weighted by molar-refractivity contribution is 5.42. The van der Waals surface area contributed by atoms with Crippen molar-refractivity contribution in [3.8, 4) is 5.75 Å². The molecular weight excluding hydrogens is 352 g/mol. The van der Waals surface area contributed by atoms with Gasteiger partial charge < -0.3 is 20.1 Å². The Balaban J connectivity index is 1.51. The minimum atomic E-state index is -0.885. The first-order chi connectivity index (χ1) is 13.6. The Labute approximate surface area is 166 Å². The van der Waals surface area contributed by atoms with Gasteiger partial charge in [-0.1, -0.05) is 49.4 Å². The molecule has 0 saturated heterocycles. The molecule has 0 bridgehead atoms. The summed E-state index contributed by atoms with van der Waals surface area (Å²) in [5, 5.41) is 29.6. The predicted molar refractivity (Wildman–Crippen MR) is 109 cm³/mol. The van der Waals surface area contributed by atoms with Gasteiger partial charge in [-0.25, -0.2) is 0 Å².